The Hall–Kier alpha value is -1.00. The lowest BCUT2D eigenvalue weighted by atomic mass is 10.2. The first-order valence-electron chi connectivity index (χ1n) is 4.90. The predicted molar refractivity (Wildman–Crippen MR) is 69.9 cm³/mol. The van der Waals surface area contributed by atoms with Crippen LogP contribution >= 0.6 is 15.9 Å². The molecule has 0 fully saturated rings. The second kappa shape index (κ2) is 5.55. The molecule has 1 rings (SSSR count). The molecule has 0 atom stereocenters. The number of anilines is 2. The molecule has 0 saturated heterocycles. The lowest BCUT2D eigenvalue weighted by Gasteiger charge is -2.13. The number of nitrogens with one attached hydrogen (secondary N) is 2. The topological polar surface area (TPSA) is 84.2 Å². The molecule has 1 aromatic rings. The molecule has 4 N–H and O–H groups in total. The Balaban J connectivity index is 2.87. The third-order valence-corrected chi connectivity index (χ3v) is 3.73. The van der Waals surface area contributed by atoms with Crippen molar-refractivity contribution < 1.29 is 21.6 Å². The molecule has 0 bridgehead atoms. The number of aryl methyl sites for hydroxylation is 1. The molecule has 19 heavy (non-hydrogen) atoms. The molecule has 0 aliphatic carbocycles. The van der Waals surface area contributed by atoms with Gasteiger partial charge in [0.15, 0.2) is 0 Å². The zero-order valence-corrected chi connectivity index (χ0v) is 12.1. The molecule has 5 nitrogen and oxygen atoms in total. The van der Waals surface area contributed by atoms with Gasteiger partial charge in [-0.3, -0.25) is 4.72 Å². The van der Waals surface area contributed by atoms with Gasteiger partial charge in [-0.2, -0.15) is 26.3 Å². The molecule has 0 saturated carbocycles. The number of nitrogens with two attached hydrogens (primary N) is 1. The number of rotatable bonds is 4. The van der Waals surface area contributed by atoms with Crippen LogP contribution in [-0.4, -0.2) is 21.1 Å². The smallest absolute Gasteiger partial charge is 0.398 e. The fraction of sp³-hybridized carbons (Fsp3) is 0.333. The molecule has 10 heteroatoms. The number of hydrogen-bond acceptors (Lipinski definition) is 3. The van der Waals surface area contributed by atoms with Crippen LogP contribution in [0.4, 0.5) is 24.5 Å². The van der Waals surface area contributed by atoms with Crippen LogP contribution in [0.15, 0.2) is 16.6 Å². The summed E-state index contributed by atoms with van der Waals surface area (Å²) in [6, 6.07) is 2.86. The molecular formula is C9H11BrF3N3O2S. The van der Waals surface area contributed by atoms with E-state index in [-0.39, 0.29) is 5.69 Å². The van der Waals surface area contributed by atoms with E-state index in [0.717, 1.165) is 0 Å². The van der Waals surface area contributed by atoms with Crippen LogP contribution in [0, 0.1) is 6.92 Å². The van der Waals surface area contributed by atoms with Crippen LogP contribution < -0.4 is 15.2 Å². The van der Waals surface area contributed by atoms with Crippen LogP contribution in [-0.2, 0) is 10.2 Å². The van der Waals surface area contributed by atoms with E-state index in [1.807, 2.05) is 4.72 Å². The van der Waals surface area contributed by atoms with Gasteiger partial charge in [-0.1, -0.05) is 0 Å². The van der Waals surface area contributed by atoms with Gasteiger partial charge in [0.1, 0.15) is 6.54 Å². The third-order valence-electron chi connectivity index (χ3n) is 2.06. The van der Waals surface area contributed by atoms with Crippen molar-refractivity contribution >= 4 is 37.5 Å². The van der Waals surface area contributed by atoms with E-state index >= 15 is 0 Å². The Labute approximate surface area is 116 Å². The molecular weight excluding hydrogens is 351 g/mol. The molecule has 0 aliphatic rings. The minimum Gasteiger partial charge on any atom is -0.398 e. The van der Waals surface area contributed by atoms with E-state index in [2.05, 4.69) is 15.9 Å². The minimum absolute atomic E-state index is 0.0535. The van der Waals surface area contributed by atoms with Gasteiger partial charge in [-0.15, -0.1) is 0 Å². The van der Waals surface area contributed by atoms with E-state index in [0.29, 0.717) is 15.7 Å². The van der Waals surface area contributed by atoms with Crippen LogP contribution in [0.25, 0.3) is 0 Å². The summed E-state index contributed by atoms with van der Waals surface area (Å²) in [5, 5.41) is 0. The first-order valence-corrected chi connectivity index (χ1v) is 7.17. The van der Waals surface area contributed by atoms with E-state index in [9.17, 15) is 21.6 Å². The van der Waals surface area contributed by atoms with E-state index < -0.39 is 22.9 Å². The first-order chi connectivity index (χ1) is 8.50. The molecule has 0 unspecified atom stereocenters. The van der Waals surface area contributed by atoms with Gasteiger partial charge in [0, 0.05) is 10.2 Å². The molecule has 0 spiro atoms. The Morgan fingerprint density at radius 2 is 1.95 bits per heavy atom. The van der Waals surface area contributed by atoms with E-state index in [1.54, 1.807) is 13.0 Å². The van der Waals surface area contributed by atoms with Crippen LogP contribution in [0.1, 0.15) is 5.56 Å². The maximum absolute atomic E-state index is 11.9. The molecule has 0 radical (unpaired) electrons. The van der Waals surface area contributed by atoms with Crippen molar-refractivity contribution in [1.29, 1.82) is 0 Å². The fourth-order valence-electron chi connectivity index (χ4n) is 1.13. The van der Waals surface area contributed by atoms with Gasteiger partial charge in [0.05, 0.1) is 5.69 Å². The Morgan fingerprint density at radius 3 is 2.47 bits per heavy atom. The molecule has 0 aliphatic heterocycles. The summed E-state index contributed by atoms with van der Waals surface area (Å²) >= 11 is 3.09. The maximum atomic E-state index is 11.9. The van der Waals surface area contributed by atoms with Gasteiger partial charge < -0.3 is 5.73 Å². The summed E-state index contributed by atoms with van der Waals surface area (Å²) < 4.78 is 62.4. The van der Waals surface area contributed by atoms with E-state index in [4.69, 9.17) is 5.73 Å². The summed E-state index contributed by atoms with van der Waals surface area (Å²) in [5.41, 5.74) is 6.67. The highest BCUT2D eigenvalue weighted by molar-refractivity contribution is 9.10. The minimum atomic E-state index is -4.63. The van der Waals surface area contributed by atoms with Gasteiger partial charge in [0.25, 0.3) is 10.2 Å². The molecule has 0 amide bonds. The quantitative estimate of drug-likeness (QED) is 0.718. The second-order valence-electron chi connectivity index (χ2n) is 3.73. The van der Waals surface area contributed by atoms with Crippen LogP contribution in [0.2, 0.25) is 0 Å². The summed E-state index contributed by atoms with van der Waals surface area (Å²) in [5.74, 6) is 0. The van der Waals surface area contributed by atoms with Crippen molar-refractivity contribution in [2.24, 2.45) is 0 Å². The number of hydrogen-bond donors (Lipinski definition) is 3. The van der Waals surface area contributed by atoms with Gasteiger partial charge >= 0.3 is 6.18 Å². The summed E-state index contributed by atoms with van der Waals surface area (Å²) in [4.78, 5) is 0. The summed E-state index contributed by atoms with van der Waals surface area (Å²) in [6.07, 6.45) is -4.63. The number of benzene rings is 1. The number of alkyl halides is 3. The monoisotopic (exact) mass is 361 g/mol. The average molecular weight is 362 g/mol. The SMILES string of the molecule is Cc1cc(Br)c(NS(=O)(=O)NCC(F)(F)F)cc1N. The zero-order valence-electron chi connectivity index (χ0n) is 9.68. The first kappa shape index (κ1) is 16.1. The second-order valence-corrected chi connectivity index (χ2v) is 6.08. The Bertz CT molecular complexity index is 575. The summed E-state index contributed by atoms with van der Waals surface area (Å²) in [6.45, 7) is 0.0571. The van der Waals surface area contributed by atoms with Crippen molar-refractivity contribution in [2.75, 3.05) is 17.0 Å². The standard InChI is InChI=1S/C9H11BrF3N3O2S/c1-5-2-6(10)8(3-7(5)14)16-19(17,18)15-4-9(11,12)13/h2-3,15-16H,4,14H2,1H3. The highest BCUT2D eigenvalue weighted by Crippen LogP contribution is 2.28. The number of nitrogen functional groups attached to an aromatic ring is 1. The normalized spacial score (nSPS) is 12.5. The highest BCUT2D eigenvalue weighted by Gasteiger charge is 2.29. The highest BCUT2D eigenvalue weighted by atomic mass is 79.9. The van der Waals surface area contributed by atoms with Crippen molar-refractivity contribution in [1.82, 2.24) is 4.72 Å². The molecule has 0 heterocycles. The van der Waals surface area contributed by atoms with Crippen LogP contribution in [0.5, 0.6) is 0 Å². The molecule has 0 aromatic heterocycles. The van der Waals surface area contributed by atoms with E-state index in [1.165, 1.54) is 10.8 Å². The maximum Gasteiger partial charge on any atom is 0.402 e. The largest absolute Gasteiger partial charge is 0.402 e. The Kier molecular flexibility index (Phi) is 4.69. The summed E-state index contributed by atoms with van der Waals surface area (Å²) in [7, 11) is -4.33. The van der Waals surface area contributed by atoms with Crippen molar-refractivity contribution in [2.45, 2.75) is 13.1 Å². The third kappa shape index (κ3) is 5.25. The van der Waals surface area contributed by atoms with Gasteiger partial charge in [-0.25, -0.2) is 0 Å². The molecule has 108 valence electrons. The fourth-order valence-corrected chi connectivity index (χ4v) is 2.70. The average Bonchev–Trinajstić information content (AvgIpc) is 2.22. The Morgan fingerprint density at radius 1 is 1.37 bits per heavy atom. The van der Waals surface area contributed by atoms with Gasteiger partial charge in [-0.05, 0) is 40.5 Å². The zero-order chi connectivity index (χ0) is 14.8. The van der Waals surface area contributed by atoms with Crippen molar-refractivity contribution in [3.05, 3.63) is 22.2 Å². The number of halogens is 4. The van der Waals surface area contributed by atoms with Gasteiger partial charge in [0.2, 0.25) is 0 Å². The lowest BCUT2D eigenvalue weighted by molar-refractivity contribution is -0.121. The van der Waals surface area contributed by atoms with Crippen LogP contribution in [0.3, 0.4) is 0 Å². The molecule has 1 aromatic carbocycles. The predicted octanol–water partition coefficient (Wildman–Crippen LogP) is 2.15. The van der Waals surface area contributed by atoms with Crippen molar-refractivity contribution in [3.63, 3.8) is 0 Å². The van der Waals surface area contributed by atoms with Crippen molar-refractivity contribution in [3.8, 4) is 0 Å². The lowest BCUT2D eigenvalue weighted by Crippen LogP contribution is -2.37.